The molecule has 0 fully saturated rings. The van der Waals surface area contributed by atoms with Gasteiger partial charge in [-0.05, 0) is 12.0 Å². The fourth-order valence-corrected chi connectivity index (χ4v) is 2.05. The molecule has 0 aliphatic carbocycles. The SMILES string of the molecule is C=Cc1c(C(=O)O)nc(-c2ccc(CC)cc2)c(F)c1N. The zero-order valence-electron chi connectivity index (χ0n) is 11.6. The first kappa shape index (κ1) is 14.7. The average Bonchev–Trinajstić information content (AvgIpc) is 2.49. The molecule has 0 amide bonds. The number of nitrogens with zero attached hydrogens (tertiary/aromatic N) is 1. The van der Waals surface area contributed by atoms with Gasteiger partial charge in [0.1, 0.15) is 5.69 Å². The standard InChI is InChI=1S/C16H15FN2O2/c1-3-9-5-7-10(8-6-9)14-12(17)13(18)11(4-2)15(19-14)16(20)21/h4-8H,2-3H2,1H3,(H2,18,19)(H,20,21). The van der Waals surface area contributed by atoms with Crippen LogP contribution in [0.2, 0.25) is 0 Å². The van der Waals surface area contributed by atoms with E-state index in [0.717, 1.165) is 12.0 Å². The number of nitrogens with two attached hydrogens (primary N) is 1. The minimum atomic E-state index is -1.27. The predicted molar refractivity (Wildman–Crippen MR) is 80.5 cm³/mol. The van der Waals surface area contributed by atoms with E-state index < -0.39 is 11.8 Å². The summed E-state index contributed by atoms with van der Waals surface area (Å²) >= 11 is 0. The van der Waals surface area contributed by atoms with Crippen LogP contribution in [0, 0.1) is 5.82 Å². The highest BCUT2D eigenvalue weighted by Crippen LogP contribution is 2.29. The van der Waals surface area contributed by atoms with E-state index in [2.05, 4.69) is 11.6 Å². The summed E-state index contributed by atoms with van der Waals surface area (Å²) in [4.78, 5) is 15.1. The number of carboxylic acid groups (broad SMARTS) is 1. The number of nitrogen functional groups attached to an aromatic ring is 1. The quantitative estimate of drug-likeness (QED) is 0.903. The van der Waals surface area contributed by atoms with Crippen LogP contribution in [0.5, 0.6) is 0 Å². The smallest absolute Gasteiger partial charge is 0.355 e. The van der Waals surface area contributed by atoms with Gasteiger partial charge in [-0.3, -0.25) is 0 Å². The molecule has 0 atom stereocenters. The van der Waals surface area contributed by atoms with Gasteiger partial charge in [0.2, 0.25) is 0 Å². The molecule has 0 spiro atoms. The van der Waals surface area contributed by atoms with Crippen molar-refractivity contribution in [1.29, 1.82) is 0 Å². The number of rotatable bonds is 4. The second-order valence-corrected chi connectivity index (χ2v) is 4.51. The van der Waals surface area contributed by atoms with Crippen molar-refractivity contribution in [2.45, 2.75) is 13.3 Å². The van der Waals surface area contributed by atoms with E-state index in [1.54, 1.807) is 12.1 Å². The summed E-state index contributed by atoms with van der Waals surface area (Å²) in [5.41, 5.74) is 6.61. The van der Waals surface area contributed by atoms with Gasteiger partial charge >= 0.3 is 5.97 Å². The Bertz CT molecular complexity index is 709. The number of anilines is 1. The lowest BCUT2D eigenvalue weighted by Crippen LogP contribution is -2.10. The second kappa shape index (κ2) is 5.75. The third-order valence-electron chi connectivity index (χ3n) is 3.26. The van der Waals surface area contributed by atoms with Crippen LogP contribution in [0.15, 0.2) is 30.8 Å². The van der Waals surface area contributed by atoms with Crippen molar-refractivity contribution >= 4 is 17.7 Å². The van der Waals surface area contributed by atoms with Gasteiger partial charge in [0.25, 0.3) is 0 Å². The van der Waals surface area contributed by atoms with E-state index in [1.165, 1.54) is 6.08 Å². The monoisotopic (exact) mass is 286 g/mol. The summed E-state index contributed by atoms with van der Waals surface area (Å²) in [6.45, 7) is 5.46. The molecular weight excluding hydrogens is 271 g/mol. The van der Waals surface area contributed by atoms with Crippen molar-refractivity contribution in [3.8, 4) is 11.3 Å². The number of hydrogen-bond donors (Lipinski definition) is 2. The van der Waals surface area contributed by atoms with Crippen LogP contribution in [0.1, 0.15) is 28.5 Å². The fourth-order valence-electron chi connectivity index (χ4n) is 2.05. The molecule has 5 heteroatoms. The summed E-state index contributed by atoms with van der Waals surface area (Å²) in [6, 6.07) is 7.08. The van der Waals surface area contributed by atoms with Crippen LogP contribution in [0.4, 0.5) is 10.1 Å². The highest BCUT2D eigenvalue weighted by atomic mass is 19.1. The van der Waals surface area contributed by atoms with Crippen LogP contribution < -0.4 is 5.73 Å². The molecule has 0 unspecified atom stereocenters. The van der Waals surface area contributed by atoms with Crippen LogP contribution >= 0.6 is 0 Å². The molecule has 4 nitrogen and oxygen atoms in total. The molecule has 108 valence electrons. The predicted octanol–water partition coefficient (Wildman–Crippen LogP) is 3.37. The number of aryl methyl sites for hydroxylation is 1. The summed E-state index contributed by atoms with van der Waals surface area (Å²) in [5.74, 6) is -2.01. The molecule has 0 saturated carbocycles. The van der Waals surface area contributed by atoms with Crippen molar-refractivity contribution in [2.75, 3.05) is 5.73 Å². The van der Waals surface area contributed by atoms with E-state index in [1.807, 2.05) is 19.1 Å². The average molecular weight is 286 g/mol. The molecule has 0 radical (unpaired) electrons. The first-order valence-corrected chi connectivity index (χ1v) is 6.43. The number of pyridine rings is 1. The van der Waals surface area contributed by atoms with Crippen molar-refractivity contribution < 1.29 is 14.3 Å². The Morgan fingerprint density at radius 1 is 1.43 bits per heavy atom. The molecule has 21 heavy (non-hydrogen) atoms. The van der Waals surface area contributed by atoms with Crippen LogP contribution in [-0.2, 0) is 6.42 Å². The molecular formula is C16H15FN2O2. The second-order valence-electron chi connectivity index (χ2n) is 4.51. The summed E-state index contributed by atoms with van der Waals surface area (Å²) < 4.78 is 14.3. The molecule has 1 aromatic heterocycles. The summed E-state index contributed by atoms with van der Waals surface area (Å²) in [7, 11) is 0. The van der Waals surface area contributed by atoms with E-state index in [0.29, 0.717) is 5.56 Å². The van der Waals surface area contributed by atoms with Gasteiger partial charge < -0.3 is 10.8 Å². The maximum absolute atomic E-state index is 14.3. The molecule has 0 aliphatic heterocycles. The third kappa shape index (κ3) is 2.63. The van der Waals surface area contributed by atoms with Crippen LogP contribution in [-0.4, -0.2) is 16.1 Å². The zero-order valence-corrected chi connectivity index (χ0v) is 11.6. The van der Waals surface area contributed by atoms with E-state index >= 15 is 0 Å². The minimum absolute atomic E-state index is 0.00562. The lowest BCUT2D eigenvalue weighted by atomic mass is 10.0. The van der Waals surface area contributed by atoms with Gasteiger partial charge in [0.15, 0.2) is 11.5 Å². The topological polar surface area (TPSA) is 76.2 Å². The number of aromatic nitrogens is 1. The van der Waals surface area contributed by atoms with Crippen LogP contribution in [0.25, 0.3) is 17.3 Å². The first-order chi connectivity index (χ1) is 9.99. The lowest BCUT2D eigenvalue weighted by Gasteiger charge is -2.11. The van der Waals surface area contributed by atoms with Crippen molar-refractivity contribution in [1.82, 2.24) is 4.98 Å². The van der Waals surface area contributed by atoms with Crippen molar-refractivity contribution in [3.05, 3.63) is 53.5 Å². The van der Waals surface area contributed by atoms with Gasteiger partial charge in [0, 0.05) is 11.1 Å². The Morgan fingerprint density at radius 3 is 2.52 bits per heavy atom. The van der Waals surface area contributed by atoms with Gasteiger partial charge in [-0.1, -0.05) is 43.8 Å². The normalized spacial score (nSPS) is 10.4. The summed E-state index contributed by atoms with van der Waals surface area (Å²) in [5, 5.41) is 9.18. The Kier molecular flexibility index (Phi) is 4.03. The number of hydrogen-bond acceptors (Lipinski definition) is 3. The van der Waals surface area contributed by atoms with Gasteiger partial charge in [-0.15, -0.1) is 0 Å². The molecule has 0 bridgehead atoms. The maximum Gasteiger partial charge on any atom is 0.355 e. The number of aromatic carboxylic acids is 1. The van der Waals surface area contributed by atoms with Crippen molar-refractivity contribution in [2.24, 2.45) is 0 Å². The number of halogens is 1. The zero-order chi connectivity index (χ0) is 15.6. The van der Waals surface area contributed by atoms with Gasteiger partial charge in [0.05, 0.1) is 5.69 Å². The Balaban J connectivity index is 2.68. The molecule has 2 rings (SSSR count). The highest BCUT2D eigenvalue weighted by Gasteiger charge is 2.21. The maximum atomic E-state index is 14.3. The molecule has 1 heterocycles. The lowest BCUT2D eigenvalue weighted by molar-refractivity contribution is 0.0690. The third-order valence-corrected chi connectivity index (χ3v) is 3.26. The summed E-state index contributed by atoms with van der Waals surface area (Å²) in [6.07, 6.45) is 2.05. The molecule has 0 aliphatic rings. The van der Waals surface area contributed by atoms with E-state index in [4.69, 9.17) is 5.73 Å². The number of carbonyl (C=O) groups is 1. The molecule has 2 aromatic rings. The molecule has 3 N–H and O–H groups in total. The Labute approximate surface area is 121 Å². The van der Waals surface area contributed by atoms with E-state index in [-0.39, 0.29) is 22.6 Å². The molecule has 1 aromatic carbocycles. The fraction of sp³-hybridized carbons (Fsp3) is 0.125. The number of carboxylic acids is 1. The largest absolute Gasteiger partial charge is 0.476 e. The van der Waals surface area contributed by atoms with Crippen LogP contribution in [0.3, 0.4) is 0 Å². The van der Waals surface area contributed by atoms with Crippen molar-refractivity contribution in [3.63, 3.8) is 0 Å². The minimum Gasteiger partial charge on any atom is -0.476 e. The van der Waals surface area contributed by atoms with Gasteiger partial charge in [-0.25, -0.2) is 14.2 Å². The Hall–Kier alpha value is -2.69. The van der Waals surface area contributed by atoms with E-state index in [9.17, 15) is 14.3 Å². The first-order valence-electron chi connectivity index (χ1n) is 6.43. The number of benzene rings is 1. The molecule has 0 saturated heterocycles. The highest BCUT2D eigenvalue weighted by molar-refractivity contribution is 5.93. The Morgan fingerprint density at radius 2 is 2.05 bits per heavy atom. The van der Waals surface area contributed by atoms with Gasteiger partial charge in [-0.2, -0.15) is 0 Å².